The molecule has 0 saturated heterocycles. The third kappa shape index (κ3) is 3.09. The van der Waals surface area contributed by atoms with Crippen molar-refractivity contribution in [2.24, 2.45) is 23.7 Å². The van der Waals surface area contributed by atoms with Crippen LogP contribution in [0.15, 0.2) is 0 Å². The first-order valence-corrected chi connectivity index (χ1v) is 6.36. The van der Waals surface area contributed by atoms with Crippen LogP contribution in [0.4, 0.5) is 0 Å². The van der Waals surface area contributed by atoms with E-state index in [0.29, 0.717) is 19.3 Å². The fourth-order valence-electron chi connectivity index (χ4n) is 2.90. The molecule has 5 nitrogen and oxygen atoms in total. The maximum atomic E-state index is 11.6. The molecule has 3 unspecified atom stereocenters. The number of Topliss-reactive ketones (excluding diaryl/α,β-unsaturated/α-hetero) is 1. The number of carboxylic acid groups (broad SMARTS) is 2. The molecule has 102 valence electrons. The van der Waals surface area contributed by atoms with E-state index in [0.717, 1.165) is 6.42 Å². The lowest BCUT2D eigenvalue weighted by atomic mass is 9.85. The van der Waals surface area contributed by atoms with Gasteiger partial charge >= 0.3 is 11.9 Å². The average Bonchev–Trinajstić information content (AvgIpc) is 2.75. The number of carboxylic acids is 2. The van der Waals surface area contributed by atoms with Crippen LogP contribution in [-0.2, 0) is 14.4 Å². The van der Waals surface area contributed by atoms with Crippen LogP contribution in [0.1, 0.15) is 39.5 Å². The zero-order valence-corrected chi connectivity index (χ0v) is 10.8. The number of hydrogen-bond donors (Lipinski definition) is 2. The molecule has 1 aliphatic carbocycles. The fraction of sp³-hybridized carbons (Fsp3) is 0.769. The van der Waals surface area contributed by atoms with Crippen molar-refractivity contribution in [2.75, 3.05) is 0 Å². The van der Waals surface area contributed by atoms with Crippen molar-refractivity contribution in [3.05, 3.63) is 0 Å². The highest BCUT2D eigenvalue weighted by molar-refractivity contribution is 5.93. The molecule has 0 heterocycles. The molecule has 3 atom stereocenters. The van der Waals surface area contributed by atoms with Gasteiger partial charge in [-0.15, -0.1) is 0 Å². The molecular weight excluding hydrogens is 236 g/mol. The van der Waals surface area contributed by atoms with Gasteiger partial charge < -0.3 is 10.2 Å². The summed E-state index contributed by atoms with van der Waals surface area (Å²) in [6.07, 6.45) is 2.32. The van der Waals surface area contributed by atoms with E-state index in [1.54, 1.807) is 0 Å². The molecule has 0 amide bonds. The van der Waals surface area contributed by atoms with E-state index in [1.165, 1.54) is 0 Å². The van der Waals surface area contributed by atoms with Gasteiger partial charge in [0, 0.05) is 12.3 Å². The van der Waals surface area contributed by atoms with Crippen LogP contribution in [0, 0.1) is 23.7 Å². The molecule has 5 heteroatoms. The van der Waals surface area contributed by atoms with Crippen molar-refractivity contribution in [1.29, 1.82) is 0 Å². The monoisotopic (exact) mass is 256 g/mol. The molecule has 0 aliphatic heterocycles. The predicted molar refractivity (Wildman–Crippen MR) is 64.1 cm³/mol. The van der Waals surface area contributed by atoms with Gasteiger partial charge in [-0.1, -0.05) is 13.8 Å². The number of rotatable bonds is 6. The molecule has 0 spiro atoms. The number of carbonyl (C=O) groups excluding carboxylic acids is 1. The molecule has 0 aromatic carbocycles. The minimum Gasteiger partial charge on any atom is -0.481 e. The second-order valence-electron chi connectivity index (χ2n) is 5.10. The normalized spacial score (nSPS) is 25.1. The highest BCUT2D eigenvalue weighted by Gasteiger charge is 2.41. The van der Waals surface area contributed by atoms with Gasteiger partial charge in [-0.3, -0.25) is 14.4 Å². The van der Waals surface area contributed by atoms with Crippen LogP contribution in [0.5, 0.6) is 0 Å². The van der Waals surface area contributed by atoms with Gasteiger partial charge in [0.15, 0.2) is 5.92 Å². The van der Waals surface area contributed by atoms with Crippen LogP contribution in [-0.4, -0.2) is 27.9 Å². The number of carbonyl (C=O) groups is 3. The summed E-state index contributed by atoms with van der Waals surface area (Å²) in [6, 6.07) is 0. The third-order valence-corrected chi connectivity index (χ3v) is 4.08. The van der Waals surface area contributed by atoms with E-state index in [-0.39, 0.29) is 23.5 Å². The Morgan fingerprint density at radius 2 is 1.61 bits per heavy atom. The Labute approximate surface area is 106 Å². The minimum atomic E-state index is -1.33. The molecule has 0 aromatic heterocycles. The Balaban J connectivity index is 2.68. The largest absolute Gasteiger partial charge is 0.481 e. The van der Waals surface area contributed by atoms with Crippen LogP contribution in [0.3, 0.4) is 0 Å². The van der Waals surface area contributed by atoms with Gasteiger partial charge in [-0.25, -0.2) is 0 Å². The molecule has 1 aliphatic rings. The molecule has 0 radical (unpaired) electrons. The molecule has 1 rings (SSSR count). The Kier molecular flexibility index (Phi) is 4.87. The molecule has 1 fully saturated rings. The maximum absolute atomic E-state index is 11.6. The lowest BCUT2D eigenvalue weighted by molar-refractivity contribution is -0.157. The van der Waals surface area contributed by atoms with Crippen LogP contribution < -0.4 is 0 Å². The SMILES string of the molecule is CCC(=O)C(C)C1CCC(C(C(=O)O)C(=O)O)C1. The Morgan fingerprint density at radius 3 is 2.06 bits per heavy atom. The minimum absolute atomic E-state index is 0.0942. The van der Waals surface area contributed by atoms with E-state index >= 15 is 0 Å². The second-order valence-corrected chi connectivity index (χ2v) is 5.10. The molecule has 18 heavy (non-hydrogen) atoms. The van der Waals surface area contributed by atoms with Crippen LogP contribution in [0.25, 0.3) is 0 Å². The van der Waals surface area contributed by atoms with Gasteiger partial charge in [-0.2, -0.15) is 0 Å². The zero-order chi connectivity index (χ0) is 13.9. The van der Waals surface area contributed by atoms with Crippen molar-refractivity contribution in [2.45, 2.75) is 39.5 Å². The Morgan fingerprint density at radius 1 is 1.11 bits per heavy atom. The van der Waals surface area contributed by atoms with Crippen LogP contribution in [0.2, 0.25) is 0 Å². The van der Waals surface area contributed by atoms with Crippen molar-refractivity contribution in [3.63, 3.8) is 0 Å². The summed E-state index contributed by atoms with van der Waals surface area (Å²) in [6.45, 7) is 3.66. The van der Waals surface area contributed by atoms with Crippen molar-refractivity contribution in [1.82, 2.24) is 0 Å². The van der Waals surface area contributed by atoms with Gasteiger partial charge in [0.2, 0.25) is 0 Å². The summed E-state index contributed by atoms with van der Waals surface area (Å²) >= 11 is 0. The first-order valence-electron chi connectivity index (χ1n) is 6.36. The molecular formula is C13H20O5. The summed E-state index contributed by atoms with van der Waals surface area (Å²) in [5, 5.41) is 17.9. The first-order chi connectivity index (χ1) is 8.38. The molecule has 2 N–H and O–H groups in total. The first kappa shape index (κ1) is 14.7. The van der Waals surface area contributed by atoms with Crippen molar-refractivity contribution < 1.29 is 24.6 Å². The maximum Gasteiger partial charge on any atom is 0.318 e. The van der Waals surface area contributed by atoms with E-state index in [4.69, 9.17) is 10.2 Å². The third-order valence-electron chi connectivity index (χ3n) is 4.08. The standard InChI is InChI=1S/C13H20O5/c1-3-10(14)7(2)8-4-5-9(6-8)11(12(15)16)13(17)18/h7-9,11H,3-6H2,1-2H3,(H,15,16)(H,17,18). The number of hydrogen-bond acceptors (Lipinski definition) is 3. The molecule has 0 aromatic rings. The summed E-state index contributed by atoms with van der Waals surface area (Å²) in [4.78, 5) is 33.5. The van der Waals surface area contributed by atoms with Crippen molar-refractivity contribution in [3.8, 4) is 0 Å². The highest BCUT2D eigenvalue weighted by Crippen LogP contribution is 2.40. The lowest BCUT2D eigenvalue weighted by Crippen LogP contribution is -2.30. The summed E-state index contributed by atoms with van der Waals surface area (Å²) in [5.74, 6) is -4.03. The van der Waals surface area contributed by atoms with Gasteiger partial charge in [0.05, 0.1) is 0 Å². The van der Waals surface area contributed by atoms with E-state index < -0.39 is 17.9 Å². The van der Waals surface area contributed by atoms with Crippen molar-refractivity contribution >= 4 is 17.7 Å². The molecule has 0 bridgehead atoms. The second kappa shape index (κ2) is 5.98. The summed E-state index contributed by atoms with van der Waals surface area (Å²) in [5.41, 5.74) is 0. The number of aliphatic carboxylic acids is 2. The Bertz CT molecular complexity index is 335. The quantitative estimate of drug-likeness (QED) is 0.707. The van der Waals surface area contributed by atoms with Crippen LogP contribution >= 0.6 is 0 Å². The fourth-order valence-corrected chi connectivity index (χ4v) is 2.90. The smallest absolute Gasteiger partial charge is 0.318 e. The highest BCUT2D eigenvalue weighted by atomic mass is 16.4. The van der Waals surface area contributed by atoms with Gasteiger partial charge in [-0.05, 0) is 31.1 Å². The predicted octanol–water partition coefficient (Wildman–Crippen LogP) is 1.80. The van der Waals surface area contributed by atoms with Gasteiger partial charge in [0.1, 0.15) is 5.78 Å². The van der Waals surface area contributed by atoms with Gasteiger partial charge in [0.25, 0.3) is 0 Å². The van der Waals surface area contributed by atoms with E-state index in [1.807, 2.05) is 13.8 Å². The molecule has 1 saturated carbocycles. The zero-order valence-electron chi connectivity index (χ0n) is 10.8. The number of ketones is 1. The topological polar surface area (TPSA) is 91.7 Å². The lowest BCUT2D eigenvalue weighted by Gasteiger charge is -2.19. The summed E-state index contributed by atoms with van der Waals surface area (Å²) < 4.78 is 0. The Hall–Kier alpha value is -1.39. The summed E-state index contributed by atoms with van der Waals surface area (Å²) in [7, 11) is 0. The average molecular weight is 256 g/mol. The van der Waals surface area contributed by atoms with E-state index in [9.17, 15) is 14.4 Å². The van der Waals surface area contributed by atoms with E-state index in [2.05, 4.69) is 0 Å².